The first-order valence-corrected chi connectivity index (χ1v) is 6.73. The molecular weight excluding hydrogens is 306 g/mol. The number of nitrogens with two attached hydrogens (primary N) is 1. The Morgan fingerprint density at radius 1 is 1.37 bits per heavy atom. The summed E-state index contributed by atoms with van der Waals surface area (Å²) in [4.78, 5) is 12.0. The molecule has 4 nitrogen and oxygen atoms in total. The van der Waals surface area contributed by atoms with Gasteiger partial charge in [-0.2, -0.15) is 0 Å². The van der Waals surface area contributed by atoms with E-state index in [9.17, 15) is 4.79 Å². The molecule has 0 saturated carbocycles. The summed E-state index contributed by atoms with van der Waals surface area (Å²) in [7, 11) is 1.98. The Hall–Kier alpha value is -1.75. The Morgan fingerprint density at radius 2 is 2.11 bits per heavy atom. The Kier molecular flexibility index (Phi) is 3.95. The van der Waals surface area contributed by atoms with Crippen molar-refractivity contribution >= 4 is 27.5 Å². The molecule has 19 heavy (non-hydrogen) atoms. The third kappa shape index (κ3) is 2.98. The predicted molar refractivity (Wildman–Crippen MR) is 79.9 cm³/mol. The quantitative estimate of drug-likeness (QED) is 0.854. The van der Waals surface area contributed by atoms with E-state index in [1.54, 1.807) is 18.2 Å². The molecule has 1 heterocycles. The normalized spacial score (nSPS) is 10.5. The van der Waals surface area contributed by atoms with Gasteiger partial charge in [0.2, 0.25) is 0 Å². The Balaban J connectivity index is 2.05. The van der Waals surface area contributed by atoms with E-state index in [1.807, 2.05) is 26.1 Å². The van der Waals surface area contributed by atoms with Gasteiger partial charge in [-0.15, -0.1) is 0 Å². The van der Waals surface area contributed by atoms with Crippen LogP contribution in [0.1, 0.15) is 21.7 Å². The second-order valence-electron chi connectivity index (χ2n) is 4.44. The molecule has 1 aromatic heterocycles. The molecule has 2 aromatic rings. The number of nitrogens with one attached hydrogen (secondary N) is 1. The summed E-state index contributed by atoms with van der Waals surface area (Å²) >= 11 is 3.31. The van der Waals surface area contributed by atoms with E-state index in [2.05, 4.69) is 25.8 Å². The standard InChI is InChI=1S/C14H16BrN3O/c1-9-3-5-11(18(9)2)8-17-14(19)10-4-6-12(15)13(16)7-10/h3-7H,8,16H2,1-2H3,(H,17,19). The van der Waals surface area contributed by atoms with E-state index in [4.69, 9.17) is 5.73 Å². The van der Waals surface area contributed by atoms with Crippen molar-refractivity contribution in [1.82, 2.24) is 9.88 Å². The van der Waals surface area contributed by atoms with Crippen molar-refractivity contribution in [2.45, 2.75) is 13.5 Å². The molecule has 0 aliphatic heterocycles. The number of carbonyl (C=O) groups excluding carboxylic acids is 1. The van der Waals surface area contributed by atoms with Crippen LogP contribution in [0.5, 0.6) is 0 Å². The lowest BCUT2D eigenvalue weighted by atomic mass is 10.2. The maximum atomic E-state index is 12.0. The van der Waals surface area contributed by atoms with Crippen molar-refractivity contribution < 1.29 is 4.79 Å². The molecule has 0 unspecified atom stereocenters. The lowest BCUT2D eigenvalue weighted by Gasteiger charge is -2.08. The molecule has 0 fully saturated rings. The summed E-state index contributed by atoms with van der Waals surface area (Å²) in [6, 6.07) is 9.21. The predicted octanol–water partition coefficient (Wildman–Crippen LogP) is 2.61. The molecule has 2 rings (SSSR count). The topological polar surface area (TPSA) is 60.1 Å². The molecular formula is C14H16BrN3O. The first-order chi connectivity index (χ1) is 8.99. The lowest BCUT2D eigenvalue weighted by Crippen LogP contribution is -2.24. The molecule has 1 amide bonds. The highest BCUT2D eigenvalue weighted by Crippen LogP contribution is 2.20. The number of hydrogen-bond acceptors (Lipinski definition) is 2. The van der Waals surface area contributed by atoms with Gasteiger partial charge in [-0.1, -0.05) is 0 Å². The van der Waals surface area contributed by atoms with Crippen LogP contribution in [-0.2, 0) is 13.6 Å². The monoisotopic (exact) mass is 321 g/mol. The number of anilines is 1. The second-order valence-corrected chi connectivity index (χ2v) is 5.30. The van der Waals surface area contributed by atoms with Crippen LogP contribution in [0, 0.1) is 6.92 Å². The van der Waals surface area contributed by atoms with Crippen LogP contribution in [0.2, 0.25) is 0 Å². The van der Waals surface area contributed by atoms with Gasteiger partial charge in [0.15, 0.2) is 0 Å². The Bertz CT molecular complexity index is 619. The third-order valence-corrected chi connectivity index (χ3v) is 3.89. The van der Waals surface area contributed by atoms with E-state index < -0.39 is 0 Å². The number of hydrogen-bond donors (Lipinski definition) is 2. The fraction of sp³-hybridized carbons (Fsp3) is 0.214. The molecule has 5 heteroatoms. The lowest BCUT2D eigenvalue weighted by molar-refractivity contribution is 0.0950. The van der Waals surface area contributed by atoms with Crippen molar-refractivity contribution in [3.05, 3.63) is 51.8 Å². The SMILES string of the molecule is Cc1ccc(CNC(=O)c2ccc(Br)c(N)c2)n1C. The summed E-state index contributed by atoms with van der Waals surface area (Å²) in [5, 5.41) is 2.89. The van der Waals surface area contributed by atoms with Crippen molar-refractivity contribution in [2.24, 2.45) is 7.05 Å². The Morgan fingerprint density at radius 3 is 2.68 bits per heavy atom. The minimum atomic E-state index is -0.127. The van der Waals surface area contributed by atoms with Gasteiger partial charge < -0.3 is 15.6 Å². The van der Waals surface area contributed by atoms with Crippen molar-refractivity contribution in [3.8, 4) is 0 Å². The van der Waals surface area contributed by atoms with Gasteiger partial charge in [-0.05, 0) is 53.2 Å². The third-order valence-electron chi connectivity index (χ3n) is 3.17. The molecule has 0 aliphatic rings. The zero-order chi connectivity index (χ0) is 14.0. The molecule has 0 saturated heterocycles. The molecule has 1 aromatic carbocycles. The first-order valence-electron chi connectivity index (χ1n) is 5.93. The maximum Gasteiger partial charge on any atom is 0.251 e. The number of amides is 1. The second kappa shape index (κ2) is 5.48. The number of aromatic nitrogens is 1. The maximum absolute atomic E-state index is 12.0. The molecule has 0 spiro atoms. The van der Waals surface area contributed by atoms with E-state index in [-0.39, 0.29) is 5.91 Å². The number of halogens is 1. The average molecular weight is 322 g/mol. The number of benzene rings is 1. The highest BCUT2D eigenvalue weighted by molar-refractivity contribution is 9.10. The van der Waals surface area contributed by atoms with E-state index in [0.717, 1.165) is 15.9 Å². The van der Waals surface area contributed by atoms with Crippen molar-refractivity contribution in [3.63, 3.8) is 0 Å². The summed E-state index contributed by atoms with van der Waals surface area (Å²) in [6.45, 7) is 2.53. The van der Waals surface area contributed by atoms with Gasteiger partial charge in [0.05, 0.1) is 6.54 Å². The fourth-order valence-corrected chi connectivity index (χ4v) is 2.05. The van der Waals surface area contributed by atoms with Crippen molar-refractivity contribution in [1.29, 1.82) is 0 Å². The largest absolute Gasteiger partial charge is 0.398 e. The van der Waals surface area contributed by atoms with Crippen LogP contribution in [0.3, 0.4) is 0 Å². The highest BCUT2D eigenvalue weighted by atomic mass is 79.9. The molecule has 0 radical (unpaired) electrons. The Labute approximate surface area is 120 Å². The molecule has 0 atom stereocenters. The number of nitrogen functional groups attached to an aromatic ring is 1. The molecule has 100 valence electrons. The van der Waals surface area contributed by atoms with Crippen LogP contribution in [0.4, 0.5) is 5.69 Å². The fourth-order valence-electron chi connectivity index (χ4n) is 1.80. The molecule has 0 bridgehead atoms. The van der Waals surface area contributed by atoms with Gasteiger partial charge in [-0.25, -0.2) is 0 Å². The number of aryl methyl sites for hydroxylation is 1. The van der Waals surface area contributed by atoms with Gasteiger partial charge in [-0.3, -0.25) is 4.79 Å². The first kappa shape index (κ1) is 13.7. The summed E-state index contributed by atoms with van der Waals surface area (Å²) < 4.78 is 2.85. The summed E-state index contributed by atoms with van der Waals surface area (Å²) in [5.41, 5.74) is 9.11. The van der Waals surface area contributed by atoms with Crippen LogP contribution >= 0.6 is 15.9 Å². The number of carbonyl (C=O) groups is 1. The minimum Gasteiger partial charge on any atom is -0.398 e. The highest BCUT2D eigenvalue weighted by Gasteiger charge is 2.08. The van der Waals surface area contributed by atoms with E-state index >= 15 is 0 Å². The van der Waals surface area contributed by atoms with Gasteiger partial charge in [0.25, 0.3) is 5.91 Å². The summed E-state index contributed by atoms with van der Waals surface area (Å²) in [5.74, 6) is -0.127. The van der Waals surface area contributed by atoms with E-state index in [0.29, 0.717) is 17.8 Å². The van der Waals surface area contributed by atoms with Crippen LogP contribution in [-0.4, -0.2) is 10.5 Å². The average Bonchev–Trinajstić information content (AvgIpc) is 2.70. The minimum absolute atomic E-state index is 0.127. The molecule has 0 aliphatic carbocycles. The van der Waals surface area contributed by atoms with Crippen LogP contribution in [0.25, 0.3) is 0 Å². The summed E-state index contributed by atoms with van der Waals surface area (Å²) in [6.07, 6.45) is 0. The van der Waals surface area contributed by atoms with Crippen LogP contribution in [0.15, 0.2) is 34.8 Å². The molecule has 3 N–H and O–H groups in total. The smallest absolute Gasteiger partial charge is 0.251 e. The number of rotatable bonds is 3. The van der Waals surface area contributed by atoms with E-state index in [1.165, 1.54) is 0 Å². The van der Waals surface area contributed by atoms with Gasteiger partial charge in [0.1, 0.15) is 0 Å². The van der Waals surface area contributed by atoms with Gasteiger partial charge >= 0.3 is 0 Å². The van der Waals surface area contributed by atoms with Gasteiger partial charge in [0, 0.05) is 34.2 Å². The van der Waals surface area contributed by atoms with Crippen LogP contribution < -0.4 is 11.1 Å². The number of nitrogens with zero attached hydrogens (tertiary/aromatic N) is 1. The zero-order valence-corrected chi connectivity index (χ0v) is 12.5. The van der Waals surface area contributed by atoms with Crippen molar-refractivity contribution in [2.75, 3.05) is 5.73 Å². The zero-order valence-electron chi connectivity index (χ0n) is 10.9.